The van der Waals surface area contributed by atoms with E-state index in [9.17, 15) is 9.59 Å². The number of likely N-dealkylation sites (tertiary alicyclic amines) is 1. The third kappa shape index (κ3) is 4.00. The normalized spacial score (nSPS) is 14.9. The average Bonchev–Trinajstić information content (AvgIpc) is 3.18. The maximum absolute atomic E-state index is 13.4. The zero-order valence-electron chi connectivity index (χ0n) is 16.4. The van der Waals surface area contributed by atoms with Crippen LogP contribution < -0.4 is 0 Å². The molecule has 4 rings (SSSR count). The Bertz CT molecular complexity index is 1070. The number of thiophene rings is 1. The van der Waals surface area contributed by atoms with Crippen LogP contribution in [-0.2, 0) is 4.79 Å². The number of nitrogens with zero attached hydrogens (tertiary/aromatic N) is 3. The fraction of sp³-hybridized carbons (Fsp3) is 0.318. The monoisotopic (exact) mass is 427 g/mol. The summed E-state index contributed by atoms with van der Waals surface area (Å²) in [6, 6.07) is 13.3. The molecule has 1 aliphatic heterocycles. The highest BCUT2D eigenvalue weighted by Gasteiger charge is 2.29. The predicted octanol–water partition coefficient (Wildman–Crippen LogP) is 4.56. The van der Waals surface area contributed by atoms with Crippen LogP contribution in [0.1, 0.15) is 23.2 Å². The van der Waals surface area contributed by atoms with Crippen molar-refractivity contribution >= 4 is 45.7 Å². The first-order valence-corrected chi connectivity index (χ1v) is 10.8. The highest BCUT2D eigenvalue weighted by atomic mass is 35.5. The number of pyridine rings is 1. The number of carbonyl (C=O) groups is 2. The van der Waals surface area contributed by atoms with Crippen LogP contribution >= 0.6 is 22.9 Å². The molecule has 7 heteroatoms. The number of benzene rings is 1. The molecule has 0 atom stereocenters. The second-order valence-corrected chi connectivity index (χ2v) is 9.19. The van der Waals surface area contributed by atoms with Crippen molar-refractivity contribution in [3.05, 3.63) is 52.4 Å². The molecule has 1 saturated heterocycles. The van der Waals surface area contributed by atoms with E-state index < -0.39 is 0 Å². The van der Waals surface area contributed by atoms with Crippen molar-refractivity contribution < 1.29 is 9.59 Å². The minimum Gasteiger partial charge on any atom is -0.349 e. The SMILES string of the molecule is CN(C)C(=O)C1CCN(C(=O)c2cc(-c3ccc(Cl)s3)nc3ccccc23)CC1. The molecule has 0 saturated carbocycles. The topological polar surface area (TPSA) is 53.5 Å². The second-order valence-electron chi connectivity index (χ2n) is 7.48. The number of rotatable bonds is 3. The molecule has 150 valence electrons. The van der Waals surface area contributed by atoms with Crippen molar-refractivity contribution in [2.45, 2.75) is 12.8 Å². The largest absolute Gasteiger partial charge is 0.349 e. The number of carbonyl (C=O) groups excluding carboxylic acids is 2. The summed E-state index contributed by atoms with van der Waals surface area (Å²) in [7, 11) is 3.56. The van der Waals surface area contributed by atoms with Gasteiger partial charge in [-0.1, -0.05) is 29.8 Å². The number of aromatic nitrogens is 1. The molecule has 0 spiro atoms. The van der Waals surface area contributed by atoms with Gasteiger partial charge in [-0.3, -0.25) is 9.59 Å². The van der Waals surface area contributed by atoms with E-state index in [1.165, 1.54) is 11.3 Å². The lowest BCUT2D eigenvalue weighted by Crippen LogP contribution is -2.42. The standard InChI is InChI=1S/C22H22ClN3O2S/c1-25(2)21(27)14-9-11-26(12-10-14)22(28)16-13-18(19-7-8-20(23)29-19)24-17-6-4-3-5-15(16)17/h3-8,13-14H,9-12H2,1-2H3. The van der Waals surface area contributed by atoms with Crippen LogP contribution in [0.4, 0.5) is 0 Å². The molecular formula is C22H22ClN3O2S. The zero-order valence-corrected chi connectivity index (χ0v) is 18.0. The summed E-state index contributed by atoms with van der Waals surface area (Å²) in [5.74, 6) is 0.124. The van der Waals surface area contributed by atoms with Gasteiger partial charge in [-0.15, -0.1) is 11.3 Å². The van der Waals surface area contributed by atoms with Crippen LogP contribution in [0, 0.1) is 5.92 Å². The number of hydrogen-bond acceptors (Lipinski definition) is 4. The molecule has 29 heavy (non-hydrogen) atoms. The highest BCUT2D eigenvalue weighted by molar-refractivity contribution is 7.19. The Kier molecular flexibility index (Phi) is 5.56. The highest BCUT2D eigenvalue weighted by Crippen LogP contribution is 2.33. The molecule has 0 aliphatic carbocycles. The van der Waals surface area contributed by atoms with Gasteiger partial charge in [-0.2, -0.15) is 0 Å². The van der Waals surface area contributed by atoms with Crippen LogP contribution in [0.15, 0.2) is 42.5 Å². The summed E-state index contributed by atoms with van der Waals surface area (Å²) in [5, 5.41) is 0.843. The number of amides is 2. The molecule has 0 bridgehead atoms. The van der Waals surface area contributed by atoms with Crippen molar-refractivity contribution in [3.8, 4) is 10.6 Å². The van der Waals surface area contributed by atoms with Gasteiger partial charge in [0.2, 0.25) is 5.91 Å². The van der Waals surface area contributed by atoms with Crippen LogP contribution in [0.3, 0.4) is 0 Å². The van der Waals surface area contributed by atoms with E-state index in [-0.39, 0.29) is 17.7 Å². The Hall–Kier alpha value is -2.44. The molecule has 0 N–H and O–H groups in total. The third-order valence-electron chi connectivity index (χ3n) is 5.34. The van der Waals surface area contributed by atoms with Crippen molar-refractivity contribution in [2.75, 3.05) is 27.2 Å². The molecule has 0 unspecified atom stereocenters. The molecule has 2 aromatic heterocycles. The summed E-state index contributed by atoms with van der Waals surface area (Å²) in [6.45, 7) is 1.17. The van der Waals surface area contributed by atoms with Gasteiger partial charge in [0.05, 0.1) is 26.0 Å². The molecule has 1 aromatic carbocycles. The Morgan fingerprint density at radius 3 is 2.52 bits per heavy atom. The van der Waals surface area contributed by atoms with E-state index in [1.807, 2.05) is 47.4 Å². The Morgan fingerprint density at radius 2 is 1.86 bits per heavy atom. The number of fused-ring (bicyclic) bond motifs is 1. The first-order chi connectivity index (χ1) is 13.9. The quantitative estimate of drug-likeness (QED) is 0.615. The lowest BCUT2D eigenvalue weighted by Gasteiger charge is -2.32. The van der Waals surface area contributed by atoms with Crippen LogP contribution in [0.5, 0.6) is 0 Å². The number of halogens is 1. The van der Waals surface area contributed by atoms with Gasteiger partial charge in [0.1, 0.15) is 0 Å². The number of hydrogen-bond donors (Lipinski definition) is 0. The van der Waals surface area contributed by atoms with Gasteiger partial charge >= 0.3 is 0 Å². The van der Waals surface area contributed by atoms with E-state index in [4.69, 9.17) is 16.6 Å². The van der Waals surface area contributed by atoms with E-state index in [1.54, 1.807) is 19.0 Å². The Balaban J connectivity index is 1.65. The van der Waals surface area contributed by atoms with E-state index >= 15 is 0 Å². The van der Waals surface area contributed by atoms with Crippen molar-refractivity contribution in [2.24, 2.45) is 5.92 Å². The average molecular weight is 428 g/mol. The van der Waals surface area contributed by atoms with Crippen LogP contribution in [0.2, 0.25) is 4.34 Å². The fourth-order valence-electron chi connectivity index (χ4n) is 3.80. The first kappa shape index (κ1) is 19.9. The predicted molar refractivity (Wildman–Crippen MR) is 117 cm³/mol. The fourth-order valence-corrected chi connectivity index (χ4v) is 4.80. The summed E-state index contributed by atoms with van der Waals surface area (Å²) < 4.78 is 0.690. The number of piperidine rings is 1. The minimum atomic E-state index is -0.0109. The van der Waals surface area contributed by atoms with E-state index in [0.717, 1.165) is 21.5 Å². The van der Waals surface area contributed by atoms with Gasteiger partial charge in [-0.05, 0) is 37.1 Å². The Morgan fingerprint density at radius 1 is 1.14 bits per heavy atom. The van der Waals surface area contributed by atoms with E-state index in [0.29, 0.717) is 35.8 Å². The molecular weight excluding hydrogens is 406 g/mol. The summed E-state index contributed by atoms with van der Waals surface area (Å²) in [5.41, 5.74) is 2.18. The zero-order chi connectivity index (χ0) is 20.5. The molecule has 2 amide bonds. The maximum Gasteiger partial charge on any atom is 0.254 e. The van der Waals surface area contributed by atoms with Crippen LogP contribution in [-0.4, -0.2) is 53.8 Å². The van der Waals surface area contributed by atoms with Crippen LogP contribution in [0.25, 0.3) is 21.5 Å². The van der Waals surface area contributed by atoms with Gasteiger partial charge < -0.3 is 9.80 Å². The van der Waals surface area contributed by atoms with Crippen molar-refractivity contribution in [3.63, 3.8) is 0 Å². The molecule has 5 nitrogen and oxygen atoms in total. The molecule has 1 fully saturated rings. The van der Waals surface area contributed by atoms with Gasteiger partial charge in [0, 0.05) is 38.5 Å². The van der Waals surface area contributed by atoms with Crippen molar-refractivity contribution in [1.82, 2.24) is 14.8 Å². The lowest BCUT2D eigenvalue weighted by molar-refractivity contribution is -0.134. The molecule has 0 radical (unpaired) electrons. The van der Waals surface area contributed by atoms with Crippen molar-refractivity contribution in [1.29, 1.82) is 0 Å². The van der Waals surface area contributed by atoms with Gasteiger partial charge in [0.15, 0.2) is 0 Å². The third-order valence-corrected chi connectivity index (χ3v) is 6.60. The van der Waals surface area contributed by atoms with Gasteiger partial charge in [-0.25, -0.2) is 4.98 Å². The maximum atomic E-state index is 13.4. The molecule has 3 aromatic rings. The smallest absolute Gasteiger partial charge is 0.254 e. The lowest BCUT2D eigenvalue weighted by atomic mass is 9.94. The summed E-state index contributed by atoms with van der Waals surface area (Å²) >= 11 is 7.55. The second kappa shape index (κ2) is 8.13. The minimum absolute atomic E-state index is 0.00736. The number of para-hydroxylation sites is 1. The van der Waals surface area contributed by atoms with Gasteiger partial charge in [0.25, 0.3) is 5.91 Å². The summed E-state index contributed by atoms with van der Waals surface area (Å²) in [6.07, 6.45) is 1.39. The molecule has 1 aliphatic rings. The van der Waals surface area contributed by atoms with E-state index in [2.05, 4.69) is 0 Å². The molecule has 3 heterocycles. The first-order valence-electron chi connectivity index (χ1n) is 9.60. The summed E-state index contributed by atoms with van der Waals surface area (Å²) in [4.78, 5) is 34.8. The Labute approximate surface area is 178 Å².